The number of rotatable bonds is 63. The van der Waals surface area contributed by atoms with Crippen molar-refractivity contribution in [3.63, 3.8) is 0 Å². The van der Waals surface area contributed by atoms with E-state index in [4.69, 9.17) is 14.2 Å². The molecular weight excluding hydrogens is 1030 g/mol. The van der Waals surface area contributed by atoms with Crippen LogP contribution in [0, 0.1) is 0 Å². The minimum atomic E-state index is -1.57. The van der Waals surface area contributed by atoms with E-state index in [0.29, 0.717) is 19.4 Å². The van der Waals surface area contributed by atoms with Crippen LogP contribution in [0.15, 0.2) is 24.3 Å². The van der Waals surface area contributed by atoms with Gasteiger partial charge in [-0.2, -0.15) is 0 Å². The highest BCUT2D eigenvalue weighted by atomic mass is 16.7. The van der Waals surface area contributed by atoms with E-state index in [0.717, 1.165) is 51.4 Å². The quantitative estimate of drug-likeness (QED) is 0.0195. The molecule has 1 rings (SSSR count). The van der Waals surface area contributed by atoms with Crippen molar-refractivity contribution in [3.8, 4) is 0 Å². The van der Waals surface area contributed by atoms with Gasteiger partial charge in [0.25, 0.3) is 0 Å². The molecule has 1 amide bonds. The summed E-state index contributed by atoms with van der Waals surface area (Å²) in [5.74, 6) is -0.171. The monoisotopic (exact) mass is 1160 g/mol. The number of hydrogen-bond donors (Lipinski definition) is 6. The van der Waals surface area contributed by atoms with Crippen molar-refractivity contribution < 1.29 is 49.3 Å². The third kappa shape index (κ3) is 49.3. The van der Waals surface area contributed by atoms with Gasteiger partial charge in [-0.3, -0.25) is 9.59 Å². The van der Waals surface area contributed by atoms with Crippen molar-refractivity contribution in [2.24, 2.45) is 0 Å². The number of ether oxygens (including phenoxy) is 3. The lowest BCUT2D eigenvalue weighted by Crippen LogP contribution is -2.60. The van der Waals surface area contributed by atoms with E-state index in [2.05, 4.69) is 31.3 Å². The Morgan fingerprint density at radius 2 is 0.780 bits per heavy atom. The summed E-state index contributed by atoms with van der Waals surface area (Å²) in [6.07, 6.45) is 66.2. The zero-order valence-corrected chi connectivity index (χ0v) is 53.7. The van der Waals surface area contributed by atoms with Crippen molar-refractivity contribution in [1.29, 1.82) is 0 Å². The molecule has 0 radical (unpaired) electrons. The molecule has 0 spiro atoms. The Morgan fingerprint density at radius 1 is 0.439 bits per heavy atom. The first-order chi connectivity index (χ1) is 40.2. The molecule has 0 aliphatic carbocycles. The molecule has 0 saturated carbocycles. The Balaban J connectivity index is 1.91. The number of unbranched alkanes of at least 4 members (excludes halogenated alkanes) is 47. The van der Waals surface area contributed by atoms with Crippen LogP contribution in [0.2, 0.25) is 0 Å². The number of allylic oxidation sites excluding steroid dienone is 3. The highest BCUT2D eigenvalue weighted by Gasteiger charge is 2.44. The van der Waals surface area contributed by atoms with Gasteiger partial charge in [0, 0.05) is 12.8 Å². The average Bonchev–Trinajstić information content (AvgIpc) is 3.47. The summed E-state index contributed by atoms with van der Waals surface area (Å²) < 4.78 is 16.7. The molecule has 0 bridgehead atoms. The SMILES string of the molecule is CCCCCCCCC/C=C/C(O)C(COC1OC(CO)C(O)C(O)C1O)NC(=O)CCCCCCCCCCCCCC/C=C\CCCCCCCCCCCCCCOC(=O)CCCCCCCCCCCCCCCCCCC. The number of nitrogens with one attached hydrogen (secondary N) is 1. The van der Waals surface area contributed by atoms with E-state index in [1.54, 1.807) is 6.08 Å². The van der Waals surface area contributed by atoms with Gasteiger partial charge in [-0.1, -0.05) is 308 Å². The van der Waals surface area contributed by atoms with Crippen molar-refractivity contribution in [3.05, 3.63) is 24.3 Å². The normalized spacial score (nSPS) is 18.3. The molecule has 0 aromatic heterocycles. The van der Waals surface area contributed by atoms with E-state index in [-0.39, 0.29) is 18.5 Å². The van der Waals surface area contributed by atoms with Crippen molar-refractivity contribution in [2.75, 3.05) is 19.8 Å². The fourth-order valence-corrected chi connectivity index (χ4v) is 11.4. The van der Waals surface area contributed by atoms with Crippen LogP contribution in [0.5, 0.6) is 0 Å². The molecule has 7 unspecified atom stereocenters. The van der Waals surface area contributed by atoms with Crippen LogP contribution >= 0.6 is 0 Å². The zero-order valence-electron chi connectivity index (χ0n) is 53.7. The van der Waals surface area contributed by atoms with Gasteiger partial charge in [0.05, 0.1) is 32.0 Å². The first kappa shape index (κ1) is 78.2. The first-order valence-electron chi connectivity index (χ1n) is 35.6. The molecule has 82 heavy (non-hydrogen) atoms. The fourth-order valence-electron chi connectivity index (χ4n) is 11.4. The molecule has 1 heterocycles. The number of carbonyl (C=O) groups is 2. The van der Waals surface area contributed by atoms with Crippen LogP contribution in [0.4, 0.5) is 0 Å². The molecule has 7 atom stereocenters. The Hall–Kier alpha value is -1.86. The van der Waals surface area contributed by atoms with Crippen LogP contribution < -0.4 is 5.32 Å². The zero-order chi connectivity index (χ0) is 59.5. The molecule has 1 saturated heterocycles. The Morgan fingerprint density at radius 3 is 1.17 bits per heavy atom. The van der Waals surface area contributed by atoms with Gasteiger partial charge in [0.15, 0.2) is 6.29 Å². The molecule has 1 aliphatic heterocycles. The molecule has 0 aromatic carbocycles. The summed E-state index contributed by atoms with van der Waals surface area (Å²) in [5.41, 5.74) is 0. The Kier molecular flexibility index (Phi) is 58.0. The number of hydrogen-bond acceptors (Lipinski definition) is 10. The van der Waals surface area contributed by atoms with Crippen LogP contribution in [0.1, 0.15) is 354 Å². The molecule has 6 N–H and O–H groups in total. The summed E-state index contributed by atoms with van der Waals surface area (Å²) >= 11 is 0. The standard InChI is InChI=1S/C71H135NO10/c1-3-5-7-9-11-13-14-15-16-29-33-36-39-43-47-51-55-59-67(76)80-60-56-52-48-44-40-37-34-31-28-26-24-22-20-18-17-19-21-23-25-27-30-32-35-38-42-46-50-54-58-66(75)72-63(64(74)57-53-49-45-41-12-10-8-6-4-2)62-81-71-70(79)69(78)68(77)65(61-73)82-71/h17-18,53,57,63-65,68-71,73-74,77-79H,3-16,19-52,54-56,58-62H2,1-2H3,(H,72,75)/b18-17-,57-53+. The maximum absolute atomic E-state index is 13.0. The largest absolute Gasteiger partial charge is 0.466 e. The van der Waals surface area contributed by atoms with E-state index in [1.165, 1.54) is 276 Å². The lowest BCUT2D eigenvalue weighted by atomic mass is 9.99. The maximum atomic E-state index is 13.0. The van der Waals surface area contributed by atoms with Gasteiger partial charge >= 0.3 is 5.97 Å². The van der Waals surface area contributed by atoms with E-state index < -0.39 is 49.5 Å². The third-order valence-corrected chi connectivity index (χ3v) is 17.1. The summed E-state index contributed by atoms with van der Waals surface area (Å²) in [4.78, 5) is 25.1. The number of amides is 1. The minimum absolute atomic E-state index is 0.0112. The van der Waals surface area contributed by atoms with Crippen molar-refractivity contribution >= 4 is 11.9 Å². The molecule has 484 valence electrons. The lowest BCUT2D eigenvalue weighted by Gasteiger charge is -2.40. The number of aliphatic hydroxyl groups excluding tert-OH is 5. The van der Waals surface area contributed by atoms with Gasteiger partial charge < -0.3 is 45.1 Å². The van der Waals surface area contributed by atoms with E-state index >= 15 is 0 Å². The second kappa shape index (κ2) is 60.8. The summed E-state index contributed by atoms with van der Waals surface area (Å²) in [7, 11) is 0. The molecule has 0 aromatic rings. The second-order valence-corrected chi connectivity index (χ2v) is 24.9. The molecule has 1 fully saturated rings. The predicted octanol–water partition coefficient (Wildman–Crippen LogP) is 18.0. The Bertz CT molecular complexity index is 1410. The van der Waals surface area contributed by atoms with Gasteiger partial charge in [-0.05, 0) is 57.8 Å². The molecule has 11 heteroatoms. The molecule has 11 nitrogen and oxygen atoms in total. The topological polar surface area (TPSA) is 175 Å². The first-order valence-corrected chi connectivity index (χ1v) is 35.6. The van der Waals surface area contributed by atoms with Gasteiger partial charge in [0.1, 0.15) is 24.4 Å². The molecular formula is C71H135NO10. The highest BCUT2D eigenvalue weighted by Crippen LogP contribution is 2.23. The number of carbonyl (C=O) groups excluding carboxylic acids is 2. The van der Waals surface area contributed by atoms with Crippen molar-refractivity contribution in [2.45, 2.75) is 397 Å². The molecule has 1 aliphatic rings. The van der Waals surface area contributed by atoms with Crippen LogP contribution in [-0.4, -0.2) is 100 Å². The van der Waals surface area contributed by atoms with Gasteiger partial charge in [0.2, 0.25) is 5.91 Å². The smallest absolute Gasteiger partial charge is 0.305 e. The van der Waals surface area contributed by atoms with Crippen LogP contribution in [0.3, 0.4) is 0 Å². The van der Waals surface area contributed by atoms with E-state index in [1.807, 2.05) is 6.08 Å². The summed E-state index contributed by atoms with van der Waals surface area (Å²) in [5, 5.41) is 54.3. The average molecular weight is 1160 g/mol. The Labute approximate surface area is 505 Å². The fraction of sp³-hybridized carbons (Fsp3) is 0.915. The third-order valence-electron chi connectivity index (χ3n) is 17.1. The predicted molar refractivity (Wildman–Crippen MR) is 343 cm³/mol. The van der Waals surface area contributed by atoms with Gasteiger partial charge in [-0.15, -0.1) is 0 Å². The van der Waals surface area contributed by atoms with E-state index in [9.17, 15) is 35.1 Å². The van der Waals surface area contributed by atoms with Crippen LogP contribution in [0.25, 0.3) is 0 Å². The number of esters is 1. The lowest BCUT2D eigenvalue weighted by molar-refractivity contribution is -0.302. The second-order valence-electron chi connectivity index (χ2n) is 24.9. The van der Waals surface area contributed by atoms with Crippen LogP contribution in [-0.2, 0) is 23.8 Å². The minimum Gasteiger partial charge on any atom is -0.466 e. The summed E-state index contributed by atoms with van der Waals surface area (Å²) in [6, 6.07) is -0.808. The van der Waals surface area contributed by atoms with Gasteiger partial charge in [-0.25, -0.2) is 0 Å². The maximum Gasteiger partial charge on any atom is 0.305 e. The number of aliphatic hydroxyl groups is 5. The highest BCUT2D eigenvalue weighted by molar-refractivity contribution is 5.76. The van der Waals surface area contributed by atoms with Crippen molar-refractivity contribution in [1.82, 2.24) is 5.32 Å². The summed E-state index contributed by atoms with van der Waals surface area (Å²) in [6.45, 7) is 4.35.